The first-order valence-electron chi connectivity index (χ1n) is 7.36. The number of amides is 1. The number of carbonyl (C=O) groups is 2. The number of hydrogen-bond acceptors (Lipinski definition) is 4. The van der Waals surface area contributed by atoms with Crippen LogP contribution in [-0.4, -0.2) is 34.1 Å². The Bertz CT molecular complexity index is 684. The summed E-state index contributed by atoms with van der Waals surface area (Å²) in [5.41, 5.74) is 2.93. The van der Waals surface area contributed by atoms with Crippen LogP contribution in [0, 0.1) is 13.8 Å². The van der Waals surface area contributed by atoms with Crippen LogP contribution in [0.1, 0.15) is 39.4 Å². The van der Waals surface area contributed by atoms with E-state index >= 15 is 0 Å². The maximum absolute atomic E-state index is 12.2. The van der Waals surface area contributed by atoms with Gasteiger partial charge in [0.15, 0.2) is 0 Å². The summed E-state index contributed by atoms with van der Waals surface area (Å²) < 4.78 is 5.09. The molecular weight excluding hydrogens is 296 g/mol. The first-order chi connectivity index (χ1) is 10.9. The minimum atomic E-state index is -0.958. The number of aromatic nitrogens is 1. The number of aromatic carboxylic acids is 1. The standard InChI is InChI=1S/C17H20N2O4/c1-11-15(12(2)23-18-11)8-9-16(20)19(3)10-13-4-6-14(7-5-13)17(21)22/h4-7H,8-10H2,1-3H3,(H,21,22). The number of nitrogens with zero attached hydrogens (tertiary/aromatic N) is 2. The molecule has 0 atom stereocenters. The van der Waals surface area contributed by atoms with Crippen molar-refractivity contribution in [3.05, 3.63) is 52.4 Å². The normalized spacial score (nSPS) is 10.6. The molecule has 1 heterocycles. The first-order valence-corrected chi connectivity index (χ1v) is 7.36. The van der Waals surface area contributed by atoms with Gasteiger partial charge in [0.1, 0.15) is 5.76 Å². The molecule has 0 unspecified atom stereocenters. The van der Waals surface area contributed by atoms with Crippen LogP contribution >= 0.6 is 0 Å². The van der Waals surface area contributed by atoms with Gasteiger partial charge in [-0.05, 0) is 38.0 Å². The predicted octanol–water partition coefficient (Wildman–Crippen LogP) is 2.58. The Morgan fingerprint density at radius 2 is 1.87 bits per heavy atom. The van der Waals surface area contributed by atoms with Gasteiger partial charge in [-0.1, -0.05) is 17.3 Å². The molecule has 2 rings (SSSR count). The topological polar surface area (TPSA) is 83.6 Å². The van der Waals surface area contributed by atoms with Gasteiger partial charge in [0, 0.05) is 25.6 Å². The molecule has 0 radical (unpaired) electrons. The molecule has 23 heavy (non-hydrogen) atoms. The molecule has 1 N–H and O–H groups in total. The van der Waals surface area contributed by atoms with Crippen LogP contribution in [-0.2, 0) is 17.8 Å². The molecule has 0 saturated carbocycles. The molecule has 0 spiro atoms. The second-order valence-corrected chi connectivity index (χ2v) is 5.55. The summed E-state index contributed by atoms with van der Waals surface area (Å²) in [6.07, 6.45) is 0.981. The van der Waals surface area contributed by atoms with Gasteiger partial charge in [0.25, 0.3) is 0 Å². The molecular formula is C17H20N2O4. The largest absolute Gasteiger partial charge is 0.478 e. The maximum atomic E-state index is 12.2. The highest BCUT2D eigenvalue weighted by molar-refractivity contribution is 5.87. The summed E-state index contributed by atoms with van der Waals surface area (Å²) in [4.78, 5) is 24.7. The lowest BCUT2D eigenvalue weighted by Crippen LogP contribution is -2.26. The van der Waals surface area contributed by atoms with Crippen molar-refractivity contribution in [2.24, 2.45) is 0 Å². The molecule has 0 aliphatic heterocycles. The van der Waals surface area contributed by atoms with Gasteiger partial charge in [-0.2, -0.15) is 0 Å². The monoisotopic (exact) mass is 316 g/mol. The molecule has 2 aromatic rings. The van der Waals surface area contributed by atoms with E-state index in [9.17, 15) is 9.59 Å². The van der Waals surface area contributed by atoms with E-state index in [-0.39, 0.29) is 11.5 Å². The van der Waals surface area contributed by atoms with Gasteiger partial charge in [0.05, 0.1) is 11.3 Å². The zero-order valence-electron chi connectivity index (χ0n) is 13.5. The average Bonchev–Trinajstić information content (AvgIpc) is 2.84. The van der Waals surface area contributed by atoms with Gasteiger partial charge >= 0.3 is 5.97 Å². The summed E-state index contributed by atoms with van der Waals surface area (Å²) >= 11 is 0. The van der Waals surface area contributed by atoms with E-state index in [0.717, 1.165) is 22.6 Å². The van der Waals surface area contributed by atoms with E-state index in [1.807, 2.05) is 13.8 Å². The second kappa shape index (κ2) is 7.09. The van der Waals surface area contributed by atoms with Gasteiger partial charge in [-0.3, -0.25) is 4.79 Å². The van der Waals surface area contributed by atoms with Crippen molar-refractivity contribution in [3.8, 4) is 0 Å². The molecule has 1 amide bonds. The van der Waals surface area contributed by atoms with Crippen molar-refractivity contribution in [3.63, 3.8) is 0 Å². The van der Waals surface area contributed by atoms with Gasteiger partial charge in [-0.25, -0.2) is 4.79 Å². The molecule has 122 valence electrons. The zero-order valence-corrected chi connectivity index (χ0v) is 13.5. The van der Waals surface area contributed by atoms with E-state index in [1.165, 1.54) is 0 Å². The van der Waals surface area contributed by atoms with Crippen molar-refractivity contribution >= 4 is 11.9 Å². The van der Waals surface area contributed by atoms with Crippen LogP contribution in [0.5, 0.6) is 0 Å². The SMILES string of the molecule is Cc1noc(C)c1CCC(=O)N(C)Cc1ccc(C(=O)O)cc1. The minimum absolute atomic E-state index is 0.0207. The fraction of sp³-hybridized carbons (Fsp3) is 0.353. The van der Waals surface area contributed by atoms with E-state index < -0.39 is 5.97 Å². The van der Waals surface area contributed by atoms with Gasteiger partial charge < -0.3 is 14.5 Å². The fourth-order valence-electron chi connectivity index (χ4n) is 2.40. The molecule has 0 aliphatic carbocycles. The first kappa shape index (κ1) is 16.7. The van der Waals surface area contributed by atoms with Crippen LogP contribution in [0.2, 0.25) is 0 Å². The maximum Gasteiger partial charge on any atom is 0.335 e. The van der Waals surface area contributed by atoms with Crippen LogP contribution in [0.4, 0.5) is 0 Å². The van der Waals surface area contributed by atoms with E-state index in [4.69, 9.17) is 9.63 Å². The number of carboxylic acid groups (broad SMARTS) is 1. The summed E-state index contributed by atoms with van der Waals surface area (Å²) in [7, 11) is 1.74. The molecule has 0 fully saturated rings. The van der Waals surface area contributed by atoms with E-state index in [1.54, 1.807) is 36.2 Å². The molecule has 1 aromatic heterocycles. The number of carboxylic acids is 1. The molecule has 6 nitrogen and oxygen atoms in total. The molecule has 6 heteroatoms. The quantitative estimate of drug-likeness (QED) is 0.885. The molecule has 1 aromatic carbocycles. The van der Waals surface area contributed by atoms with Crippen LogP contribution in [0.3, 0.4) is 0 Å². The third-order valence-corrected chi connectivity index (χ3v) is 3.82. The van der Waals surface area contributed by atoms with Crippen LogP contribution < -0.4 is 0 Å². The molecule has 0 bridgehead atoms. The van der Waals surface area contributed by atoms with Crippen molar-refractivity contribution < 1.29 is 19.2 Å². The lowest BCUT2D eigenvalue weighted by molar-refractivity contribution is -0.130. The van der Waals surface area contributed by atoms with Gasteiger partial charge in [0.2, 0.25) is 5.91 Å². The Labute approximate surface area is 134 Å². The summed E-state index contributed by atoms with van der Waals surface area (Å²) in [5.74, 6) is -0.185. The number of carbonyl (C=O) groups excluding carboxylic acids is 1. The smallest absolute Gasteiger partial charge is 0.335 e. The third-order valence-electron chi connectivity index (χ3n) is 3.82. The Balaban J connectivity index is 1.91. The van der Waals surface area contributed by atoms with Crippen molar-refractivity contribution in [1.29, 1.82) is 0 Å². The van der Waals surface area contributed by atoms with Crippen molar-refractivity contribution in [2.45, 2.75) is 33.2 Å². The zero-order chi connectivity index (χ0) is 17.0. The second-order valence-electron chi connectivity index (χ2n) is 5.55. The Kier molecular flexibility index (Phi) is 5.16. The third kappa shape index (κ3) is 4.18. The predicted molar refractivity (Wildman–Crippen MR) is 84.2 cm³/mol. The lowest BCUT2D eigenvalue weighted by Gasteiger charge is -2.17. The highest BCUT2D eigenvalue weighted by Gasteiger charge is 2.14. The number of rotatable bonds is 6. The minimum Gasteiger partial charge on any atom is -0.478 e. The van der Waals surface area contributed by atoms with Gasteiger partial charge in [-0.15, -0.1) is 0 Å². The highest BCUT2D eigenvalue weighted by atomic mass is 16.5. The summed E-state index contributed by atoms with van der Waals surface area (Å²) in [6.45, 7) is 4.15. The number of hydrogen-bond donors (Lipinski definition) is 1. The average molecular weight is 316 g/mol. The Morgan fingerprint density at radius 3 is 2.39 bits per heavy atom. The molecule has 0 saturated heterocycles. The fourth-order valence-corrected chi connectivity index (χ4v) is 2.40. The number of aryl methyl sites for hydroxylation is 2. The van der Waals surface area contributed by atoms with Crippen LogP contribution in [0.25, 0.3) is 0 Å². The van der Waals surface area contributed by atoms with Crippen LogP contribution in [0.15, 0.2) is 28.8 Å². The van der Waals surface area contributed by atoms with E-state index in [2.05, 4.69) is 5.16 Å². The summed E-state index contributed by atoms with van der Waals surface area (Å²) in [5, 5.41) is 12.8. The number of benzene rings is 1. The van der Waals surface area contributed by atoms with Crippen molar-refractivity contribution in [1.82, 2.24) is 10.1 Å². The summed E-state index contributed by atoms with van der Waals surface area (Å²) in [6, 6.07) is 6.53. The molecule has 0 aliphatic rings. The highest BCUT2D eigenvalue weighted by Crippen LogP contribution is 2.15. The lowest BCUT2D eigenvalue weighted by atomic mass is 10.1. The Morgan fingerprint density at radius 1 is 1.22 bits per heavy atom. The van der Waals surface area contributed by atoms with E-state index in [0.29, 0.717) is 19.4 Å². The Hall–Kier alpha value is -2.63. The van der Waals surface area contributed by atoms with Crippen molar-refractivity contribution in [2.75, 3.05) is 7.05 Å².